The third kappa shape index (κ3) is 34.1. The quantitative estimate of drug-likeness (QED) is 0.0515. The molecule has 10 aromatic rings. The first-order chi connectivity index (χ1) is 43.9. The standard InChI is InChI=1S/5C15H15O2S.5FH/c5*1-2-16-13-5-3-12(4-6-13)11-17-14-7-9-15(18)10-8-14;;;;;/h5*3-10H,2,11H2,1H3;5*1H. The average Bonchev–Trinajstić information content (AvgIpc) is 3.77. The second-order valence-corrected chi connectivity index (χ2v) is 21.5. The van der Waals surface area contributed by atoms with Gasteiger partial charge in [0.05, 0.1) is 33.0 Å². The van der Waals surface area contributed by atoms with Crippen molar-refractivity contribution in [1.29, 1.82) is 0 Å². The summed E-state index contributed by atoms with van der Waals surface area (Å²) in [7, 11) is 0. The van der Waals surface area contributed by atoms with E-state index < -0.39 is 0 Å². The average molecular weight is 1400 g/mol. The van der Waals surface area contributed by atoms with Gasteiger partial charge in [0.25, 0.3) is 0 Å². The summed E-state index contributed by atoms with van der Waals surface area (Å²) < 4.78 is 55.2. The summed E-state index contributed by atoms with van der Waals surface area (Å²) in [4.78, 5) is 4.11. The summed E-state index contributed by atoms with van der Waals surface area (Å²) in [5, 5.41) is 0. The molecule has 0 amide bonds. The number of hydrogen-bond donors (Lipinski definition) is 0. The largest absolute Gasteiger partial charge is 0.494 e. The summed E-state index contributed by atoms with van der Waals surface area (Å²) >= 11 is 25.1. The van der Waals surface area contributed by atoms with Crippen LogP contribution in [-0.2, 0) is 33.0 Å². The zero-order valence-corrected chi connectivity index (χ0v) is 57.4. The number of ether oxygens (including phenoxy) is 10. The normalized spacial score (nSPS) is 9.53. The fourth-order valence-corrected chi connectivity index (χ4v) is 8.44. The highest BCUT2D eigenvalue weighted by molar-refractivity contribution is 7.81. The van der Waals surface area contributed by atoms with Crippen molar-refractivity contribution in [3.8, 4) is 57.5 Å². The second-order valence-electron chi connectivity index (χ2n) is 19.2. The van der Waals surface area contributed by atoms with E-state index >= 15 is 0 Å². The Hall–Kier alpha value is -9.05. The molecule has 0 aliphatic heterocycles. The van der Waals surface area contributed by atoms with Crippen LogP contribution in [0.1, 0.15) is 62.4 Å². The van der Waals surface area contributed by atoms with Crippen LogP contribution in [0.4, 0.5) is 23.5 Å². The van der Waals surface area contributed by atoms with Gasteiger partial charge in [-0.15, -0.1) is 0 Å². The van der Waals surface area contributed by atoms with Crippen molar-refractivity contribution in [1.82, 2.24) is 0 Å². The maximum absolute atomic E-state index is 5.66. The Morgan fingerprint density at radius 3 is 0.389 bits per heavy atom. The lowest BCUT2D eigenvalue weighted by Crippen LogP contribution is -1.96. The summed E-state index contributed by atoms with van der Waals surface area (Å²) in [5.41, 5.74) is 5.56. The molecule has 0 heterocycles. The van der Waals surface area contributed by atoms with Gasteiger partial charge in [-0.2, -0.15) is 0 Å². The van der Waals surface area contributed by atoms with E-state index in [9.17, 15) is 0 Å². The predicted molar refractivity (Wildman–Crippen MR) is 384 cm³/mol. The first kappa shape index (κ1) is 84.0. The van der Waals surface area contributed by atoms with Gasteiger partial charge >= 0.3 is 0 Å². The molecule has 0 bridgehead atoms. The zero-order valence-electron chi connectivity index (χ0n) is 53.3. The molecule has 0 fully saturated rings. The molecule has 10 aromatic carbocycles. The maximum Gasteiger partial charge on any atom is 0.119 e. The second kappa shape index (κ2) is 48.6. The highest BCUT2D eigenvalue weighted by Crippen LogP contribution is 2.23. The minimum Gasteiger partial charge on any atom is -0.494 e. The van der Waals surface area contributed by atoms with E-state index in [2.05, 4.69) is 0 Å². The molecule has 10 rings (SSSR count). The molecule has 0 saturated heterocycles. The molecule has 95 heavy (non-hydrogen) atoms. The Balaban J connectivity index is 0.000000586. The highest BCUT2D eigenvalue weighted by atomic mass is 32.1. The molecule has 5 radical (unpaired) electrons. The Kier molecular flexibility index (Phi) is 43.0. The van der Waals surface area contributed by atoms with Crippen molar-refractivity contribution in [2.45, 2.75) is 92.1 Å². The van der Waals surface area contributed by atoms with Gasteiger partial charge in [0.15, 0.2) is 0 Å². The lowest BCUT2D eigenvalue weighted by molar-refractivity contribution is 0.305. The van der Waals surface area contributed by atoms with Crippen LogP contribution < -0.4 is 47.4 Å². The van der Waals surface area contributed by atoms with E-state index in [1.165, 1.54) is 0 Å². The van der Waals surface area contributed by atoms with E-state index in [-0.39, 0.29) is 23.5 Å². The molecule has 10 nitrogen and oxygen atoms in total. The van der Waals surface area contributed by atoms with E-state index in [0.717, 1.165) is 110 Å². The van der Waals surface area contributed by atoms with Gasteiger partial charge in [-0.3, -0.25) is 23.5 Å². The van der Waals surface area contributed by atoms with Crippen LogP contribution in [0.5, 0.6) is 57.5 Å². The molecule has 0 aromatic heterocycles. The lowest BCUT2D eigenvalue weighted by atomic mass is 10.2. The van der Waals surface area contributed by atoms with Crippen LogP contribution in [0.2, 0.25) is 0 Å². The molecule has 0 atom stereocenters. The zero-order chi connectivity index (χ0) is 64.0. The Morgan fingerprint density at radius 2 is 0.274 bits per heavy atom. The van der Waals surface area contributed by atoms with Gasteiger partial charge < -0.3 is 47.4 Å². The van der Waals surface area contributed by atoms with Gasteiger partial charge in [0, 0.05) is 24.5 Å². The van der Waals surface area contributed by atoms with Gasteiger partial charge in [-0.1, -0.05) is 124 Å². The van der Waals surface area contributed by atoms with Gasteiger partial charge in [0.2, 0.25) is 0 Å². The SMILES string of the molecule is CCOc1ccc(COc2ccc([S])cc2)cc1.CCOc1ccc(COc2ccc([S])cc2)cc1.CCOc1ccc(COc2ccc([S])cc2)cc1.CCOc1ccc(COc2ccc([S])cc2)cc1.CCOc1ccc(COc2ccc([S])cc2)cc1.F.F.F.F.F. The number of halogens is 5. The minimum atomic E-state index is 0. The van der Waals surface area contributed by atoms with Crippen molar-refractivity contribution in [2.75, 3.05) is 33.0 Å². The molecule has 20 heteroatoms. The molecular formula is C75H80F5O10S5. The fourth-order valence-electron chi connectivity index (χ4n) is 7.76. The Labute approximate surface area is 583 Å². The molecule has 0 aliphatic rings. The summed E-state index contributed by atoms with van der Waals surface area (Å²) in [6.45, 7) is 16.0. The van der Waals surface area contributed by atoms with Crippen molar-refractivity contribution < 1.29 is 70.9 Å². The van der Waals surface area contributed by atoms with Gasteiger partial charge in [0.1, 0.15) is 90.5 Å². The first-order valence-corrected chi connectivity index (χ1v) is 31.5. The topological polar surface area (TPSA) is 92.3 Å². The van der Waals surface area contributed by atoms with Crippen molar-refractivity contribution in [2.24, 2.45) is 0 Å². The molecule has 0 saturated carbocycles. The first-order valence-electron chi connectivity index (χ1n) is 29.5. The Morgan fingerprint density at radius 1 is 0.168 bits per heavy atom. The van der Waals surface area contributed by atoms with Gasteiger partial charge in [-0.05, 0) is 244 Å². The van der Waals surface area contributed by atoms with Crippen LogP contribution in [0.15, 0.2) is 267 Å². The summed E-state index contributed by atoms with van der Waals surface area (Å²) in [5.74, 6) is 8.58. The molecule has 0 unspecified atom stereocenters. The lowest BCUT2D eigenvalue weighted by Gasteiger charge is -2.07. The summed E-state index contributed by atoms with van der Waals surface area (Å²) in [6.07, 6.45) is 0. The van der Waals surface area contributed by atoms with Crippen molar-refractivity contribution in [3.05, 3.63) is 270 Å². The predicted octanol–water partition coefficient (Wildman–Crippen LogP) is 21.9. The fraction of sp³-hybridized carbons (Fsp3) is 0.200. The van der Waals surface area contributed by atoms with E-state index in [4.69, 9.17) is 111 Å². The maximum atomic E-state index is 5.66. The van der Waals surface area contributed by atoms with E-state index in [1.807, 2.05) is 277 Å². The van der Waals surface area contributed by atoms with Crippen LogP contribution in [0, 0.1) is 0 Å². The van der Waals surface area contributed by atoms with Gasteiger partial charge in [-0.25, -0.2) is 0 Å². The summed E-state index contributed by atoms with van der Waals surface area (Å²) in [6, 6.07) is 77.1. The third-order valence-electron chi connectivity index (χ3n) is 12.3. The Bertz CT molecular complexity index is 2960. The smallest absolute Gasteiger partial charge is 0.119 e. The van der Waals surface area contributed by atoms with Crippen molar-refractivity contribution >= 4 is 63.1 Å². The van der Waals surface area contributed by atoms with Crippen LogP contribution in [0.25, 0.3) is 0 Å². The van der Waals surface area contributed by atoms with E-state index in [0.29, 0.717) is 66.1 Å². The van der Waals surface area contributed by atoms with Crippen LogP contribution in [0.3, 0.4) is 0 Å². The molecular weight excluding hydrogens is 1320 g/mol. The van der Waals surface area contributed by atoms with Crippen molar-refractivity contribution in [3.63, 3.8) is 0 Å². The molecule has 505 valence electrons. The molecule has 0 aliphatic carbocycles. The number of hydrogen-bond acceptors (Lipinski definition) is 10. The molecule has 0 spiro atoms. The minimum absolute atomic E-state index is 0. The number of rotatable bonds is 25. The van der Waals surface area contributed by atoms with Crippen LogP contribution in [-0.4, -0.2) is 33.0 Å². The van der Waals surface area contributed by atoms with E-state index in [1.54, 1.807) is 0 Å². The highest BCUT2D eigenvalue weighted by Gasteiger charge is 2.04. The van der Waals surface area contributed by atoms with Crippen LogP contribution >= 0.6 is 63.1 Å². The molecule has 0 N–H and O–H groups in total. The third-order valence-corrected chi connectivity index (χ3v) is 13.7. The monoisotopic (exact) mass is 1400 g/mol. The number of benzene rings is 10.